The summed E-state index contributed by atoms with van der Waals surface area (Å²) in [6.45, 7) is 11.6. The molecule has 0 bridgehead atoms. The molecule has 0 aliphatic carbocycles. The normalized spacial score (nSPS) is 12.0. The highest BCUT2D eigenvalue weighted by molar-refractivity contribution is 7.27. The smallest absolute Gasteiger partial charge is 0.220 e. The number of para-hydroxylation sites is 1. The Kier molecular flexibility index (Phi) is 8.10. The van der Waals surface area contributed by atoms with E-state index in [1.54, 1.807) is 22.7 Å². The molecule has 5 aromatic heterocycles. The number of aromatic nitrogens is 2. The van der Waals surface area contributed by atoms with E-state index in [9.17, 15) is 11.8 Å². The van der Waals surface area contributed by atoms with E-state index >= 15 is 0 Å². The molecule has 0 saturated heterocycles. The van der Waals surface area contributed by atoms with Crippen LogP contribution in [-0.2, 0) is 0 Å². The maximum absolute atomic E-state index is 12.1. The Balaban J connectivity index is 1.26. The van der Waals surface area contributed by atoms with E-state index in [4.69, 9.17) is 4.42 Å². The molecule has 324 valence electrons. The maximum Gasteiger partial charge on any atom is 0.220 e. The summed E-state index contributed by atoms with van der Waals surface area (Å²) in [6.07, 6.45) is 0. The molecule has 0 unspecified atom stereocenters. The quantitative estimate of drug-likeness (QED) is 0.165. The van der Waals surface area contributed by atoms with Gasteiger partial charge in [-0.25, -0.2) is 4.85 Å². The molecule has 0 spiro atoms. The molecule has 15 aromatic rings. The lowest BCUT2D eigenvalue weighted by atomic mass is 9.88. The van der Waals surface area contributed by atoms with Crippen molar-refractivity contribution in [1.29, 1.82) is 5.26 Å². The van der Waals surface area contributed by atoms with Gasteiger partial charge in [0.2, 0.25) is 5.69 Å². The molecule has 5 heterocycles. The summed E-state index contributed by atoms with van der Waals surface area (Å²) in [5.74, 6) is 0. The molecule has 0 fully saturated rings. The fraction of sp³-hybridized carbons (Fsp3) is 0.0159. The molecule has 0 saturated carbocycles. The second-order valence-corrected chi connectivity index (χ2v) is 20.2. The zero-order chi connectivity index (χ0) is 46.4. The van der Waals surface area contributed by atoms with E-state index in [0.29, 0.717) is 22.5 Å². The highest BCUT2D eigenvalue weighted by Crippen LogP contribution is 2.55. The van der Waals surface area contributed by atoms with Crippen LogP contribution >= 0.6 is 22.7 Å². The largest absolute Gasteiger partial charge is 0.454 e. The summed E-state index contributed by atoms with van der Waals surface area (Å²) in [6, 6.07) is 68.9. The molecule has 0 aliphatic rings. The van der Waals surface area contributed by atoms with Gasteiger partial charge in [0.25, 0.3) is 0 Å². The van der Waals surface area contributed by atoms with E-state index in [1.165, 1.54) is 20.2 Å². The Morgan fingerprint density at radius 3 is 1.61 bits per heavy atom. The zero-order valence-corrected chi connectivity index (χ0v) is 39.0. The third kappa shape index (κ3) is 5.17. The number of fused-ring (bicyclic) bond motifs is 18. The fourth-order valence-corrected chi connectivity index (χ4v) is 14.0. The first-order valence-electron chi connectivity index (χ1n) is 23.3. The highest BCUT2D eigenvalue weighted by atomic mass is 32.1. The van der Waals surface area contributed by atoms with E-state index in [2.05, 4.69) is 179 Å². The van der Waals surface area contributed by atoms with Gasteiger partial charge in [0.15, 0.2) is 5.58 Å². The topological polar surface area (TPSA) is 51.1 Å². The van der Waals surface area contributed by atoms with Gasteiger partial charge in [0.1, 0.15) is 11.7 Å². The van der Waals surface area contributed by atoms with E-state index in [-0.39, 0.29) is 0 Å². The average Bonchev–Trinajstić information content (AvgIpc) is 4.23. The van der Waals surface area contributed by atoms with Crippen LogP contribution in [0, 0.1) is 24.8 Å². The Labute approximate surface area is 407 Å². The summed E-state index contributed by atoms with van der Waals surface area (Å²) >= 11 is 3.59. The van der Waals surface area contributed by atoms with Crippen LogP contribution in [0.4, 0.5) is 5.69 Å². The minimum Gasteiger partial charge on any atom is -0.454 e. The Morgan fingerprint density at radius 2 is 1.00 bits per heavy atom. The Hall–Kier alpha value is -8.98. The first kappa shape index (κ1) is 39.1. The van der Waals surface area contributed by atoms with Crippen molar-refractivity contribution in [3.05, 3.63) is 211 Å². The van der Waals surface area contributed by atoms with Gasteiger partial charge in [-0.1, -0.05) is 158 Å². The van der Waals surface area contributed by atoms with Crippen molar-refractivity contribution < 1.29 is 4.42 Å². The Bertz CT molecular complexity index is 4730. The molecule has 7 heteroatoms. The number of thiophene rings is 2. The number of rotatable bonds is 4. The predicted molar refractivity (Wildman–Crippen MR) is 295 cm³/mol. The summed E-state index contributed by atoms with van der Waals surface area (Å²) < 4.78 is 16.4. The standard InChI is InChI=1S/C63H34N4OS2/c1-35-25-26-39-45-30-27-42-38-19-9-12-22-49(38)66(57(42)61(45)68-50(39)33-35)56-48(34-64)53(36-15-5-3-6-16-36)55(65-2)60(54(56)37-17-7-4-8-18-37)67-58-43(28-31-46-40-20-10-13-23-51(40)69-62(46)58)44-29-32-47-41-21-11-14-24-52(41)70-63(47)59(44)67/h3-33H,1H3. The molecule has 0 atom stereocenters. The van der Waals surface area contributed by atoms with Crippen LogP contribution in [0.1, 0.15) is 11.1 Å². The van der Waals surface area contributed by atoms with Crippen molar-refractivity contribution in [3.63, 3.8) is 0 Å². The van der Waals surface area contributed by atoms with Crippen molar-refractivity contribution in [2.45, 2.75) is 6.92 Å². The van der Waals surface area contributed by atoms with E-state index in [1.807, 2.05) is 36.4 Å². The number of furan rings is 1. The van der Waals surface area contributed by atoms with Gasteiger partial charge in [-0.15, -0.1) is 22.7 Å². The van der Waals surface area contributed by atoms with Gasteiger partial charge in [-0.3, -0.25) is 0 Å². The number of nitrogens with zero attached hydrogens (tertiary/aromatic N) is 4. The first-order chi connectivity index (χ1) is 34.6. The van der Waals surface area contributed by atoms with Gasteiger partial charge in [0, 0.05) is 74.4 Å². The summed E-state index contributed by atoms with van der Waals surface area (Å²) in [4.78, 5) is 4.65. The number of benzene rings is 10. The number of aryl methyl sites for hydroxylation is 1. The van der Waals surface area contributed by atoms with Crippen molar-refractivity contribution in [2.24, 2.45) is 0 Å². The van der Waals surface area contributed by atoms with Crippen LogP contribution < -0.4 is 0 Å². The molecule has 0 amide bonds. The second-order valence-electron chi connectivity index (χ2n) is 18.1. The molecule has 5 nitrogen and oxygen atoms in total. The van der Waals surface area contributed by atoms with Gasteiger partial charge >= 0.3 is 0 Å². The number of hydrogen-bond donors (Lipinski definition) is 0. The fourth-order valence-electron chi connectivity index (χ4n) is 11.5. The lowest BCUT2D eigenvalue weighted by Gasteiger charge is -2.26. The van der Waals surface area contributed by atoms with Crippen LogP contribution in [0.15, 0.2) is 192 Å². The highest BCUT2D eigenvalue weighted by Gasteiger charge is 2.33. The number of nitriles is 1. The van der Waals surface area contributed by atoms with Crippen LogP contribution in [0.3, 0.4) is 0 Å². The van der Waals surface area contributed by atoms with E-state index < -0.39 is 0 Å². The van der Waals surface area contributed by atoms with Crippen LogP contribution in [0.2, 0.25) is 0 Å². The third-order valence-corrected chi connectivity index (χ3v) is 16.8. The first-order valence-corrected chi connectivity index (χ1v) is 24.9. The lowest BCUT2D eigenvalue weighted by Crippen LogP contribution is -2.09. The number of hydrogen-bond acceptors (Lipinski definition) is 4. The average molecular weight is 927 g/mol. The monoisotopic (exact) mass is 926 g/mol. The summed E-state index contributed by atoms with van der Waals surface area (Å²) in [7, 11) is 0. The van der Waals surface area contributed by atoms with Crippen LogP contribution in [0.5, 0.6) is 0 Å². The molecular weight excluding hydrogens is 893 g/mol. The van der Waals surface area contributed by atoms with Crippen LogP contribution in [0.25, 0.3) is 144 Å². The SMILES string of the molecule is [C-]#[N+]c1c(-c2ccccc2)c(C#N)c(-n2c3ccccc3c3ccc4c5ccc(C)cc5oc4c32)c(-c2ccccc2)c1-n1c2c(ccc3c4ccccc4sc32)c2ccc3c4ccccc4sc3c21. The van der Waals surface area contributed by atoms with Gasteiger partial charge in [-0.05, 0) is 53.9 Å². The Morgan fingerprint density at radius 1 is 0.486 bits per heavy atom. The van der Waals surface area contributed by atoms with Gasteiger partial charge in [-0.2, -0.15) is 5.26 Å². The van der Waals surface area contributed by atoms with Crippen molar-refractivity contribution in [2.75, 3.05) is 0 Å². The molecule has 70 heavy (non-hydrogen) atoms. The molecule has 0 radical (unpaired) electrons. The van der Waals surface area contributed by atoms with Crippen molar-refractivity contribution in [3.8, 4) is 39.7 Å². The van der Waals surface area contributed by atoms with Crippen molar-refractivity contribution in [1.82, 2.24) is 9.13 Å². The minimum atomic E-state index is 0.408. The zero-order valence-electron chi connectivity index (χ0n) is 37.4. The molecule has 10 aromatic carbocycles. The van der Waals surface area contributed by atoms with Crippen LogP contribution in [-0.4, -0.2) is 9.13 Å². The van der Waals surface area contributed by atoms with Gasteiger partial charge in [0.05, 0.1) is 55.0 Å². The summed E-state index contributed by atoms with van der Waals surface area (Å²) in [5, 5.41) is 23.1. The van der Waals surface area contributed by atoms with Crippen molar-refractivity contribution >= 4 is 134 Å². The van der Waals surface area contributed by atoms with Gasteiger partial charge < -0.3 is 13.6 Å². The lowest BCUT2D eigenvalue weighted by molar-refractivity contribution is 0.670. The molecular formula is C63H34N4OS2. The summed E-state index contributed by atoms with van der Waals surface area (Å²) in [5.41, 5.74) is 11.8. The molecule has 15 rings (SSSR count). The maximum atomic E-state index is 12.1. The second kappa shape index (κ2) is 14.5. The predicted octanol–water partition coefficient (Wildman–Crippen LogP) is 18.6. The molecule has 0 N–H and O–H groups in total. The van der Waals surface area contributed by atoms with E-state index in [0.717, 1.165) is 114 Å². The third-order valence-electron chi connectivity index (χ3n) is 14.4. The molecule has 0 aliphatic heterocycles. The minimum absolute atomic E-state index is 0.408.